The van der Waals surface area contributed by atoms with Crippen LogP contribution in [0.1, 0.15) is 38.3 Å². The zero-order chi connectivity index (χ0) is 26.3. The van der Waals surface area contributed by atoms with Crippen molar-refractivity contribution in [2.75, 3.05) is 24.9 Å². The molecule has 192 valence electrons. The number of hydrogen-bond acceptors (Lipinski definition) is 4. The van der Waals surface area contributed by atoms with E-state index in [2.05, 4.69) is 5.32 Å². The summed E-state index contributed by atoms with van der Waals surface area (Å²) < 4.78 is 42.4. The fourth-order valence-electron chi connectivity index (χ4n) is 3.29. The number of halogens is 1. The van der Waals surface area contributed by atoms with Crippen LogP contribution in [0.3, 0.4) is 0 Å². The van der Waals surface area contributed by atoms with Gasteiger partial charge < -0.3 is 10.2 Å². The highest BCUT2D eigenvalue weighted by Gasteiger charge is 2.33. The van der Waals surface area contributed by atoms with Gasteiger partial charge in [0.2, 0.25) is 11.8 Å². The molecule has 0 heterocycles. The molecule has 1 N–H and O–H groups in total. The van der Waals surface area contributed by atoms with Gasteiger partial charge in [-0.25, -0.2) is 8.70 Å². The van der Waals surface area contributed by atoms with Gasteiger partial charge in [-0.05, 0) is 44.9 Å². The molecule has 2 aromatic rings. The van der Waals surface area contributed by atoms with Gasteiger partial charge in [0, 0.05) is 26.7 Å². The Morgan fingerprint density at radius 2 is 1.63 bits per heavy atom. The third kappa shape index (κ3) is 7.25. The van der Waals surface area contributed by atoms with Gasteiger partial charge in [-0.2, -0.15) is 12.7 Å². The van der Waals surface area contributed by atoms with Crippen LogP contribution >= 0.6 is 0 Å². The number of rotatable bonds is 11. The third-order valence-electron chi connectivity index (χ3n) is 5.78. The van der Waals surface area contributed by atoms with E-state index in [1.807, 2.05) is 45.0 Å². The predicted octanol–water partition coefficient (Wildman–Crippen LogP) is 3.08. The highest BCUT2D eigenvalue weighted by molar-refractivity contribution is 7.90. The fraction of sp³-hybridized carbons (Fsp3) is 0.440. The van der Waals surface area contributed by atoms with Crippen LogP contribution < -0.4 is 9.62 Å². The summed E-state index contributed by atoms with van der Waals surface area (Å²) in [7, 11) is -1.60. The second-order valence-corrected chi connectivity index (χ2v) is 10.8. The molecule has 0 bridgehead atoms. The number of nitrogens with zero attached hydrogens (tertiary/aromatic N) is 3. The van der Waals surface area contributed by atoms with Crippen LogP contribution in [0.2, 0.25) is 0 Å². The van der Waals surface area contributed by atoms with Crippen molar-refractivity contribution < 1.29 is 22.4 Å². The molecule has 0 aliphatic rings. The lowest BCUT2D eigenvalue weighted by Gasteiger charge is -2.33. The van der Waals surface area contributed by atoms with Crippen LogP contribution in [0.15, 0.2) is 48.5 Å². The lowest BCUT2D eigenvalue weighted by Crippen LogP contribution is -2.53. The molecule has 0 radical (unpaired) electrons. The highest BCUT2D eigenvalue weighted by atomic mass is 32.2. The molecule has 10 heteroatoms. The van der Waals surface area contributed by atoms with Gasteiger partial charge in [-0.3, -0.25) is 9.59 Å². The number of anilines is 1. The number of hydrogen-bond donors (Lipinski definition) is 1. The molecule has 2 amide bonds. The maximum absolute atomic E-state index is 14.6. The largest absolute Gasteiger partial charge is 0.352 e. The zero-order valence-corrected chi connectivity index (χ0v) is 22.0. The summed E-state index contributed by atoms with van der Waals surface area (Å²) in [5.74, 6) is -1.77. The number of para-hydroxylation sites is 1. The normalized spacial score (nSPS) is 13.3. The summed E-state index contributed by atoms with van der Waals surface area (Å²) in [6, 6.07) is 11.9. The number of carbonyl (C=O) groups excluding carboxylic acids is 2. The zero-order valence-electron chi connectivity index (χ0n) is 21.2. The molecule has 2 rings (SSSR count). The number of amides is 2. The predicted molar refractivity (Wildman–Crippen MR) is 135 cm³/mol. The van der Waals surface area contributed by atoms with Crippen molar-refractivity contribution in [1.82, 2.24) is 14.5 Å². The second-order valence-electron chi connectivity index (χ2n) is 8.75. The van der Waals surface area contributed by atoms with Crippen molar-refractivity contribution >= 4 is 27.7 Å². The lowest BCUT2D eigenvalue weighted by atomic mass is 10.1. The van der Waals surface area contributed by atoms with Crippen LogP contribution in [0.25, 0.3) is 0 Å². The number of benzene rings is 2. The molecule has 0 aliphatic carbocycles. The van der Waals surface area contributed by atoms with Crippen molar-refractivity contribution in [3.05, 3.63) is 65.5 Å². The maximum atomic E-state index is 14.6. The minimum atomic E-state index is -4.21. The van der Waals surface area contributed by atoms with Gasteiger partial charge >= 0.3 is 10.2 Å². The van der Waals surface area contributed by atoms with E-state index in [-0.39, 0.29) is 24.2 Å². The molecular formula is C25H35FN4O4S. The smallest absolute Gasteiger partial charge is 0.304 e. The van der Waals surface area contributed by atoms with E-state index in [4.69, 9.17) is 0 Å². The van der Waals surface area contributed by atoms with Crippen LogP contribution in [-0.4, -0.2) is 62.2 Å². The molecule has 8 nitrogen and oxygen atoms in total. The first kappa shape index (κ1) is 28.3. The van der Waals surface area contributed by atoms with E-state index in [9.17, 15) is 22.4 Å². The monoisotopic (exact) mass is 506 g/mol. The number of nitrogens with one attached hydrogen (secondary N) is 1. The van der Waals surface area contributed by atoms with Gasteiger partial charge in [-0.1, -0.05) is 48.9 Å². The summed E-state index contributed by atoms with van der Waals surface area (Å²) in [6.07, 6.45) is 0.715. The summed E-state index contributed by atoms with van der Waals surface area (Å²) in [4.78, 5) is 27.8. The molecule has 0 spiro atoms. The lowest BCUT2D eigenvalue weighted by molar-refractivity contribution is -0.139. The molecule has 35 heavy (non-hydrogen) atoms. The van der Waals surface area contributed by atoms with Gasteiger partial charge in [-0.15, -0.1) is 0 Å². The minimum Gasteiger partial charge on any atom is -0.352 e. The van der Waals surface area contributed by atoms with Crippen LogP contribution in [0.4, 0.5) is 10.1 Å². The molecule has 0 saturated heterocycles. The van der Waals surface area contributed by atoms with E-state index in [1.54, 1.807) is 6.92 Å². The van der Waals surface area contributed by atoms with Crippen molar-refractivity contribution in [3.63, 3.8) is 0 Å². The highest BCUT2D eigenvalue weighted by Crippen LogP contribution is 2.24. The van der Waals surface area contributed by atoms with Gasteiger partial charge in [0.1, 0.15) is 18.4 Å². The van der Waals surface area contributed by atoms with Gasteiger partial charge in [0.25, 0.3) is 0 Å². The number of aryl methyl sites for hydroxylation is 1. The average Bonchev–Trinajstić information content (AvgIpc) is 2.81. The molecule has 0 saturated carbocycles. The Hall–Kier alpha value is -2.98. The minimum absolute atomic E-state index is 0.0847. The summed E-state index contributed by atoms with van der Waals surface area (Å²) in [6.45, 7) is 6.74. The molecular weight excluding hydrogens is 471 g/mol. The summed E-state index contributed by atoms with van der Waals surface area (Å²) in [5, 5.41) is 2.87. The SMILES string of the molecule is CC[C@H](C)NC(=O)[C@@H](C)N(Cc1ccc(C)cc1)C(=O)CN(c1ccccc1F)S(=O)(=O)N(C)C. The Morgan fingerprint density at radius 1 is 1.03 bits per heavy atom. The first-order chi connectivity index (χ1) is 16.4. The van der Waals surface area contributed by atoms with Crippen LogP contribution in [0.5, 0.6) is 0 Å². The van der Waals surface area contributed by atoms with E-state index in [1.165, 1.54) is 37.2 Å². The van der Waals surface area contributed by atoms with Crippen molar-refractivity contribution in [3.8, 4) is 0 Å². The molecule has 0 aliphatic heterocycles. The number of carbonyl (C=O) groups is 2. The summed E-state index contributed by atoms with van der Waals surface area (Å²) in [5.41, 5.74) is 1.57. The first-order valence-corrected chi connectivity index (χ1v) is 12.9. The fourth-order valence-corrected chi connectivity index (χ4v) is 4.36. The van der Waals surface area contributed by atoms with Crippen molar-refractivity contribution in [1.29, 1.82) is 0 Å². The maximum Gasteiger partial charge on any atom is 0.304 e. The standard InChI is InChI=1S/C25H35FN4O4S/c1-7-19(3)27-25(32)20(4)29(16-21-14-12-18(2)13-15-21)24(31)17-30(35(33,34)28(5)6)23-11-9-8-10-22(23)26/h8-15,19-20H,7,16-17H2,1-6H3,(H,27,32)/t19-,20+/m0/s1. The van der Waals surface area contributed by atoms with E-state index < -0.39 is 34.5 Å². The Kier molecular flexibility index (Phi) is 9.79. The third-order valence-corrected chi connectivity index (χ3v) is 7.59. The van der Waals surface area contributed by atoms with E-state index >= 15 is 0 Å². The second kappa shape index (κ2) is 12.1. The van der Waals surface area contributed by atoms with Gasteiger partial charge in [0.05, 0.1) is 5.69 Å². The van der Waals surface area contributed by atoms with Crippen LogP contribution in [-0.2, 0) is 26.3 Å². The van der Waals surface area contributed by atoms with E-state index in [0.717, 1.165) is 25.8 Å². The Balaban J connectivity index is 2.46. The molecule has 2 atom stereocenters. The molecule has 0 unspecified atom stereocenters. The Labute approximate surface area is 207 Å². The quantitative estimate of drug-likeness (QED) is 0.507. The van der Waals surface area contributed by atoms with Crippen LogP contribution in [0, 0.1) is 12.7 Å². The summed E-state index contributed by atoms with van der Waals surface area (Å²) >= 11 is 0. The van der Waals surface area contributed by atoms with Crippen molar-refractivity contribution in [2.24, 2.45) is 0 Å². The van der Waals surface area contributed by atoms with E-state index in [0.29, 0.717) is 6.42 Å². The van der Waals surface area contributed by atoms with Gasteiger partial charge in [0.15, 0.2) is 0 Å². The first-order valence-electron chi connectivity index (χ1n) is 11.5. The van der Waals surface area contributed by atoms with Crippen molar-refractivity contribution in [2.45, 2.75) is 52.7 Å². The molecule has 0 fully saturated rings. The Bertz CT molecular complexity index is 1120. The average molecular weight is 507 g/mol. The molecule has 2 aromatic carbocycles. The Morgan fingerprint density at radius 3 is 2.17 bits per heavy atom. The topological polar surface area (TPSA) is 90.0 Å². The molecule has 0 aromatic heterocycles.